The topological polar surface area (TPSA) is 55.4 Å². The van der Waals surface area contributed by atoms with E-state index in [1.807, 2.05) is 18.2 Å². The molecule has 102 valence electrons. The van der Waals surface area contributed by atoms with Crippen LogP contribution in [0.2, 0.25) is 0 Å². The summed E-state index contributed by atoms with van der Waals surface area (Å²) in [5.74, 6) is 1.03. The van der Waals surface area contributed by atoms with Crippen LogP contribution < -0.4 is 10.1 Å². The molecule has 1 rings (SSSR count). The second-order valence-corrected chi connectivity index (χ2v) is 7.24. The van der Waals surface area contributed by atoms with E-state index in [9.17, 15) is 8.42 Å². The second-order valence-electron chi connectivity index (χ2n) is 4.13. The van der Waals surface area contributed by atoms with Crippen molar-refractivity contribution in [2.24, 2.45) is 0 Å². The third-order valence-electron chi connectivity index (χ3n) is 2.41. The molecule has 0 saturated carbocycles. The molecule has 1 aromatic rings. The predicted octanol–water partition coefficient (Wildman–Crippen LogP) is 1.98. The maximum atomic E-state index is 10.9. The molecule has 4 nitrogen and oxygen atoms in total. The van der Waals surface area contributed by atoms with Crippen LogP contribution in [0.15, 0.2) is 22.7 Å². The van der Waals surface area contributed by atoms with E-state index in [0.717, 1.165) is 15.8 Å². The van der Waals surface area contributed by atoms with Gasteiger partial charge in [-0.15, -0.1) is 0 Å². The van der Waals surface area contributed by atoms with E-state index in [0.29, 0.717) is 19.5 Å². The molecule has 0 aliphatic heterocycles. The van der Waals surface area contributed by atoms with Gasteiger partial charge in [0.25, 0.3) is 0 Å². The van der Waals surface area contributed by atoms with Crippen LogP contribution in [-0.2, 0) is 16.4 Å². The Morgan fingerprint density at radius 3 is 2.67 bits per heavy atom. The van der Waals surface area contributed by atoms with Crippen LogP contribution >= 0.6 is 15.9 Å². The zero-order chi connectivity index (χ0) is 13.6. The van der Waals surface area contributed by atoms with Crippen LogP contribution in [0.1, 0.15) is 12.0 Å². The fourth-order valence-corrected chi connectivity index (χ4v) is 2.77. The Labute approximate surface area is 117 Å². The number of methoxy groups -OCH3 is 1. The lowest BCUT2D eigenvalue weighted by molar-refractivity contribution is 0.412. The Morgan fingerprint density at radius 2 is 2.11 bits per heavy atom. The molecule has 0 atom stereocenters. The number of hydrogen-bond donors (Lipinski definition) is 1. The van der Waals surface area contributed by atoms with Gasteiger partial charge in [0.2, 0.25) is 0 Å². The first-order valence-corrected chi connectivity index (χ1v) is 8.48. The molecule has 0 aromatic heterocycles. The molecule has 0 heterocycles. The highest BCUT2D eigenvalue weighted by atomic mass is 79.9. The van der Waals surface area contributed by atoms with Gasteiger partial charge in [-0.1, -0.05) is 6.07 Å². The number of nitrogens with one attached hydrogen (secondary N) is 1. The molecule has 0 unspecified atom stereocenters. The zero-order valence-corrected chi connectivity index (χ0v) is 13.0. The van der Waals surface area contributed by atoms with Crippen molar-refractivity contribution in [3.05, 3.63) is 28.2 Å². The highest BCUT2D eigenvalue weighted by molar-refractivity contribution is 9.10. The minimum absolute atomic E-state index is 0.228. The first-order valence-electron chi connectivity index (χ1n) is 5.63. The molecule has 0 aliphatic carbocycles. The Balaban J connectivity index is 2.34. The SMILES string of the molecule is COc1ccc(CNCCCS(C)(=O)=O)cc1Br. The number of hydrogen-bond acceptors (Lipinski definition) is 4. The molecule has 18 heavy (non-hydrogen) atoms. The van der Waals surface area contributed by atoms with E-state index in [-0.39, 0.29) is 5.75 Å². The molecule has 0 saturated heterocycles. The van der Waals surface area contributed by atoms with Gasteiger partial charge in [-0.3, -0.25) is 0 Å². The van der Waals surface area contributed by atoms with Crippen molar-refractivity contribution in [2.45, 2.75) is 13.0 Å². The summed E-state index contributed by atoms with van der Waals surface area (Å²) in [6, 6.07) is 5.87. The van der Waals surface area contributed by atoms with Crippen LogP contribution in [-0.4, -0.2) is 34.1 Å². The third kappa shape index (κ3) is 5.84. The molecule has 6 heteroatoms. The van der Waals surface area contributed by atoms with Crippen LogP contribution in [0.5, 0.6) is 5.75 Å². The van der Waals surface area contributed by atoms with E-state index in [1.54, 1.807) is 7.11 Å². The molecule has 0 fully saturated rings. The minimum atomic E-state index is -2.85. The number of halogens is 1. The van der Waals surface area contributed by atoms with Gasteiger partial charge in [0, 0.05) is 12.8 Å². The molecule has 0 radical (unpaired) electrons. The summed E-state index contributed by atoms with van der Waals surface area (Å²) in [7, 11) is -1.22. The van der Waals surface area contributed by atoms with E-state index in [1.165, 1.54) is 6.26 Å². The van der Waals surface area contributed by atoms with Crippen molar-refractivity contribution < 1.29 is 13.2 Å². The standard InChI is InChI=1S/C12H18BrNO3S/c1-17-12-5-4-10(8-11(12)13)9-14-6-3-7-18(2,15)16/h4-5,8,14H,3,6-7,9H2,1-2H3. The van der Waals surface area contributed by atoms with Crippen LogP contribution in [0, 0.1) is 0 Å². The summed E-state index contributed by atoms with van der Waals surface area (Å²) < 4.78 is 27.9. The van der Waals surface area contributed by atoms with Gasteiger partial charge >= 0.3 is 0 Å². The minimum Gasteiger partial charge on any atom is -0.496 e. The zero-order valence-electron chi connectivity index (χ0n) is 10.6. The Hall–Kier alpha value is -0.590. The van der Waals surface area contributed by atoms with E-state index in [4.69, 9.17) is 4.74 Å². The average Bonchev–Trinajstić information content (AvgIpc) is 2.27. The Kier molecular flexibility index (Phi) is 6.11. The highest BCUT2D eigenvalue weighted by Crippen LogP contribution is 2.25. The quantitative estimate of drug-likeness (QED) is 0.774. The molecule has 1 aromatic carbocycles. The van der Waals surface area contributed by atoms with Crippen molar-refractivity contribution in [2.75, 3.05) is 25.7 Å². The molecule has 0 bridgehead atoms. The summed E-state index contributed by atoms with van der Waals surface area (Å²) in [6.07, 6.45) is 1.89. The lowest BCUT2D eigenvalue weighted by atomic mass is 10.2. The third-order valence-corrected chi connectivity index (χ3v) is 4.06. The second kappa shape index (κ2) is 7.11. The van der Waals surface area contributed by atoms with Crippen molar-refractivity contribution in [1.82, 2.24) is 5.32 Å². The van der Waals surface area contributed by atoms with E-state index in [2.05, 4.69) is 21.2 Å². The summed E-state index contributed by atoms with van der Waals surface area (Å²) in [5, 5.41) is 3.21. The number of rotatable bonds is 7. The first-order chi connectivity index (χ1) is 8.42. The van der Waals surface area contributed by atoms with Gasteiger partial charge in [-0.05, 0) is 46.6 Å². The average molecular weight is 336 g/mol. The maximum absolute atomic E-state index is 10.9. The summed E-state index contributed by atoms with van der Waals surface area (Å²) in [4.78, 5) is 0. The number of ether oxygens (including phenoxy) is 1. The monoisotopic (exact) mass is 335 g/mol. The maximum Gasteiger partial charge on any atom is 0.147 e. The number of sulfone groups is 1. The van der Waals surface area contributed by atoms with Crippen molar-refractivity contribution >= 4 is 25.8 Å². The molecular weight excluding hydrogens is 318 g/mol. The van der Waals surface area contributed by atoms with Crippen molar-refractivity contribution in [1.29, 1.82) is 0 Å². The van der Waals surface area contributed by atoms with Gasteiger partial charge in [0.1, 0.15) is 15.6 Å². The van der Waals surface area contributed by atoms with Crippen molar-refractivity contribution in [3.8, 4) is 5.75 Å². The van der Waals surface area contributed by atoms with Gasteiger partial charge in [0.15, 0.2) is 0 Å². The lowest BCUT2D eigenvalue weighted by Gasteiger charge is -2.07. The van der Waals surface area contributed by atoms with Gasteiger partial charge in [-0.25, -0.2) is 8.42 Å². The normalized spacial score (nSPS) is 11.5. The lowest BCUT2D eigenvalue weighted by Crippen LogP contribution is -2.17. The van der Waals surface area contributed by atoms with Gasteiger partial charge in [0.05, 0.1) is 17.3 Å². The van der Waals surface area contributed by atoms with Gasteiger partial charge in [-0.2, -0.15) is 0 Å². The number of benzene rings is 1. The summed E-state index contributed by atoms with van der Waals surface area (Å²) in [5.41, 5.74) is 1.13. The van der Waals surface area contributed by atoms with Crippen LogP contribution in [0.4, 0.5) is 0 Å². The highest BCUT2D eigenvalue weighted by Gasteiger charge is 2.02. The van der Waals surface area contributed by atoms with Crippen LogP contribution in [0.3, 0.4) is 0 Å². The van der Waals surface area contributed by atoms with Crippen LogP contribution in [0.25, 0.3) is 0 Å². The largest absolute Gasteiger partial charge is 0.496 e. The molecule has 0 spiro atoms. The van der Waals surface area contributed by atoms with Gasteiger partial charge < -0.3 is 10.1 Å². The van der Waals surface area contributed by atoms with E-state index >= 15 is 0 Å². The molecular formula is C12H18BrNO3S. The Bertz CT molecular complexity index is 488. The predicted molar refractivity (Wildman–Crippen MR) is 76.7 cm³/mol. The van der Waals surface area contributed by atoms with Crippen molar-refractivity contribution in [3.63, 3.8) is 0 Å². The van der Waals surface area contributed by atoms with E-state index < -0.39 is 9.84 Å². The fraction of sp³-hybridized carbons (Fsp3) is 0.500. The Morgan fingerprint density at radius 1 is 1.39 bits per heavy atom. The first kappa shape index (κ1) is 15.5. The summed E-state index contributed by atoms with van der Waals surface area (Å²) >= 11 is 3.42. The molecule has 0 aliphatic rings. The smallest absolute Gasteiger partial charge is 0.147 e. The fourth-order valence-electron chi connectivity index (χ4n) is 1.51. The molecule has 0 amide bonds. The molecule has 1 N–H and O–H groups in total. The summed E-state index contributed by atoms with van der Waals surface area (Å²) in [6.45, 7) is 1.41.